The second kappa shape index (κ2) is 6.73. The highest BCUT2D eigenvalue weighted by Crippen LogP contribution is 2.44. The van der Waals surface area contributed by atoms with E-state index in [0.29, 0.717) is 0 Å². The quantitative estimate of drug-likeness (QED) is 0.692. The molecule has 1 aromatic carbocycles. The highest BCUT2D eigenvalue weighted by Gasteiger charge is 2.60. The summed E-state index contributed by atoms with van der Waals surface area (Å²) >= 11 is 0. The van der Waals surface area contributed by atoms with Crippen LogP contribution in [0.5, 0.6) is 0 Å². The van der Waals surface area contributed by atoms with Gasteiger partial charge in [0.05, 0.1) is 11.5 Å². The van der Waals surface area contributed by atoms with Gasteiger partial charge >= 0.3 is 0 Å². The molecular formula is C19H26O8S. The lowest BCUT2D eigenvalue weighted by Crippen LogP contribution is -2.56. The Morgan fingerprint density at radius 3 is 2.14 bits per heavy atom. The second-order valence-corrected chi connectivity index (χ2v) is 9.87. The molecule has 0 radical (unpaired) electrons. The van der Waals surface area contributed by atoms with E-state index in [2.05, 4.69) is 0 Å². The minimum absolute atomic E-state index is 0.0915. The molecule has 0 spiro atoms. The van der Waals surface area contributed by atoms with E-state index in [0.717, 1.165) is 5.56 Å². The van der Waals surface area contributed by atoms with Crippen molar-refractivity contribution in [2.24, 2.45) is 0 Å². The molecule has 0 aromatic heterocycles. The van der Waals surface area contributed by atoms with Gasteiger partial charge in [-0.05, 0) is 46.8 Å². The van der Waals surface area contributed by atoms with Gasteiger partial charge in [0.1, 0.15) is 24.4 Å². The highest BCUT2D eigenvalue weighted by atomic mass is 32.2. The van der Waals surface area contributed by atoms with Crippen LogP contribution in [0.4, 0.5) is 0 Å². The Labute approximate surface area is 165 Å². The van der Waals surface area contributed by atoms with Crippen LogP contribution in [0.25, 0.3) is 0 Å². The van der Waals surface area contributed by atoms with Crippen LogP contribution in [0.2, 0.25) is 0 Å². The van der Waals surface area contributed by atoms with Gasteiger partial charge in [0.15, 0.2) is 17.9 Å². The topological polar surface area (TPSA) is 89.5 Å². The van der Waals surface area contributed by atoms with Crippen molar-refractivity contribution in [3.63, 3.8) is 0 Å². The second-order valence-electron chi connectivity index (χ2n) is 8.26. The van der Waals surface area contributed by atoms with Gasteiger partial charge in [0, 0.05) is 0 Å². The van der Waals surface area contributed by atoms with Crippen LogP contribution < -0.4 is 0 Å². The molecule has 4 rings (SSSR count). The lowest BCUT2D eigenvalue weighted by Gasteiger charge is -2.36. The number of aryl methyl sites for hydroxylation is 1. The zero-order valence-corrected chi connectivity index (χ0v) is 17.4. The molecule has 3 fully saturated rings. The van der Waals surface area contributed by atoms with Gasteiger partial charge in [-0.25, -0.2) is 0 Å². The maximum absolute atomic E-state index is 12.5. The van der Waals surface area contributed by atoms with Gasteiger partial charge in [0.25, 0.3) is 10.1 Å². The third-order valence-electron chi connectivity index (χ3n) is 4.95. The van der Waals surface area contributed by atoms with Crippen molar-refractivity contribution in [3.8, 4) is 0 Å². The van der Waals surface area contributed by atoms with Gasteiger partial charge in [-0.3, -0.25) is 4.18 Å². The van der Waals surface area contributed by atoms with Crippen molar-refractivity contribution in [1.29, 1.82) is 0 Å². The molecule has 8 nitrogen and oxygen atoms in total. The number of hydrogen-bond acceptors (Lipinski definition) is 8. The summed E-state index contributed by atoms with van der Waals surface area (Å²) in [5.74, 6) is -1.68. The first-order chi connectivity index (χ1) is 13.0. The third-order valence-corrected chi connectivity index (χ3v) is 6.24. The number of rotatable bonds is 4. The van der Waals surface area contributed by atoms with E-state index in [4.69, 9.17) is 27.9 Å². The molecule has 156 valence electrons. The van der Waals surface area contributed by atoms with Crippen molar-refractivity contribution >= 4 is 10.1 Å². The minimum Gasteiger partial charge on any atom is -0.342 e. The first-order valence-corrected chi connectivity index (χ1v) is 10.7. The minimum atomic E-state index is -3.93. The largest absolute Gasteiger partial charge is 0.342 e. The maximum Gasteiger partial charge on any atom is 0.297 e. The highest BCUT2D eigenvalue weighted by molar-refractivity contribution is 7.86. The van der Waals surface area contributed by atoms with E-state index >= 15 is 0 Å². The fourth-order valence-corrected chi connectivity index (χ4v) is 4.68. The number of fused-ring (bicyclic) bond motifs is 3. The molecule has 3 heterocycles. The molecule has 3 aliphatic heterocycles. The molecule has 0 N–H and O–H groups in total. The molecular weight excluding hydrogens is 388 g/mol. The van der Waals surface area contributed by atoms with E-state index in [1.807, 2.05) is 6.92 Å². The molecule has 0 unspecified atom stereocenters. The summed E-state index contributed by atoms with van der Waals surface area (Å²) in [5, 5.41) is 0. The lowest BCUT2D eigenvalue weighted by molar-refractivity contribution is -0.238. The summed E-state index contributed by atoms with van der Waals surface area (Å²) in [6.07, 6.45) is -2.84. The average Bonchev–Trinajstić information content (AvgIpc) is 3.07. The molecule has 3 aliphatic rings. The molecule has 9 heteroatoms. The van der Waals surface area contributed by atoms with E-state index in [1.54, 1.807) is 39.8 Å². The van der Waals surface area contributed by atoms with E-state index in [9.17, 15) is 8.42 Å². The first-order valence-electron chi connectivity index (χ1n) is 9.29. The van der Waals surface area contributed by atoms with Crippen LogP contribution in [-0.4, -0.2) is 57.3 Å². The van der Waals surface area contributed by atoms with Crippen molar-refractivity contribution in [1.82, 2.24) is 0 Å². The molecule has 3 saturated heterocycles. The summed E-state index contributed by atoms with van der Waals surface area (Å²) in [5.41, 5.74) is 0.961. The number of benzene rings is 1. The van der Waals surface area contributed by atoms with Gasteiger partial charge in [-0.1, -0.05) is 17.7 Å². The Bertz CT molecular complexity index is 832. The molecule has 0 aliphatic carbocycles. The predicted molar refractivity (Wildman–Crippen MR) is 96.8 cm³/mol. The van der Waals surface area contributed by atoms with Crippen LogP contribution in [0.1, 0.15) is 33.3 Å². The smallest absolute Gasteiger partial charge is 0.297 e. The Balaban J connectivity index is 1.52. The summed E-state index contributed by atoms with van der Waals surface area (Å²) in [4.78, 5) is 0.0915. The number of hydrogen-bond donors (Lipinski definition) is 0. The summed E-state index contributed by atoms with van der Waals surface area (Å²) in [6, 6.07) is 6.46. The molecule has 1 aromatic rings. The fourth-order valence-electron chi connectivity index (χ4n) is 3.76. The van der Waals surface area contributed by atoms with Crippen molar-refractivity contribution < 1.29 is 36.3 Å². The van der Waals surface area contributed by atoms with Crippen LogP contribution in [0, 0.1) is 6.92 Å². The maximum atomic E-state index is 12.5. The van der Waals surface area contributed by atoms with Crippen LogP contribution in [-0.2, 0) is 38.0 Å². The van der Waals surface area contributed by atoms with Crippen LogP contribution in [0.15, 0.2) is 29.2 Å². The summed E-state index contributed by atoms with van der Waals surface area (Å²) < 4.78 is 60.0. The molecule has 28 heavy (non-hydrogen) atoms. The zero-order chi connectivity index (χ0) is 20.3. The van der Waals surface area contributed by atoms with Crippen molar-refractivity contribution in [2.75, 3.05) is 6.61 Å². The summed E-state index contributed by atoms with van der Waals surface area (Å²) in [7, 11) is -3.93. The molecule has 0 saturated carbocycles. The van der Waals surface area contributed by atoms with Crippen LogP contribution in [0.3, 0.4) is 0 Å². The zero-order valence-electron chi connectivity index (χ0n) is 16.6. The van der Waals surface area contributed by atoms with Gasteiger partial charge in [-0.15, -0.1) is 0 Å². The van der Waals surface area contributed by atoms with E-state index < -0.39 is 52.4 Å². The standard InChI is InChI=1S/C19H26O8S/c1-11-6-8-12(9-7-11)28(20,21)22-10-13-14-15(25-18(2,3)24-14)16-17(23-13)27-19(4,5)26-16/h6-9,13-17H,10H2,1-5H3/t13-,14-,15+,16-,17+/m1/s1. The molecule has 5 atom stereocenters. The normalized spacial score (nSPS) is 36.1. The summed E-state index contributed by atoms with van der Waals surface area (Å²) in [6.45, 7) is 8.83. The van der Waals surface area contributed by atoms with E-state index in [1.165, 1.54) is 12.1 Å². The van der Waals surface area contributed by atoms with Crippen molar-refractivity contribution in [2.45, 2.75) is 81.8 Å². The first kappa shape index (κ1) is 20.2. The van der Waals surface area contributed by atoms with Crippen molar-refractivity contribution in [3.05, 3.63) is 29.8 Å². The molecule has 0 bridgehead atoms. The van der Waals surface area contributed by atoms with E-state index in [-0.39, 0.29) is 11.5 Å². The van der Waals surface area contributed by atoms with Crippen LogP contribution >= 0.6 is 0 Å². The average molecular weight is 414 g/mol. The Morgan fingerprint density at radius 2 is 1.46 bits per heavy atom. The Kier molecular flexibility index (Phi) is 4.86. The lowest BCUT2D eigenvalue weighted by atomic mass is 9.99. The third kappa shape index (κ3) is 3.85. The Hall–Kier alpha value is -1.07. The van der Waals surface area contributed by atoms with Gasteiger partial charge < -0.3 is 23.7 Å². The van der Waals surface area contributed by atoms with Gasteiger partial charge in [-0.2, -0.15) is 8.42 Å². The number of ether oxygens (including phenoxy) is 5. The Morgan fingerprint density at radius 1 is 0.893 bits per heavy atom. The molecule has 0 amide bonds. The van der Waals surface area contributed by atoms with Gasteiger partial charge in [0.2, 0.25) is 0 Å². The fraction of sp³-hybridized carbons (Fsp3) is 0.684. The predicted octanol–water partition coefficient (Wildman–Crippen LogP) is 2.10. The monoisotopic (exact) mass is 414 g/mol. The SMILES string of the molecule is Cc1ccc(S(=O)(=O)OC[C@H]2O[C@H]3OC(C)(C)O[C@@H]3[C@H]3OC(C)(C)O[C@@H]32)cc1.